The molecule has 9 heteroatoms. The van der Waals surface area contributed by atoms with Gasteiger partial charge in [-0.3, -0.25) is 4.72 Å². The third kappa shape index (κ3) is 3.40. The van der Waals surface area contributed by atoms with Crippen molar-refractivity contribution < 1.29 is 32.2 Å². The number of sulfonamides is 1. The number of anilines is 1. The molecule has 0 heterocycles. The van der Waals surface area contributed by atoms with Crippen molar-refractivity contribution in [2.24, 2.45) is 0 Å². The van der Waals surface area contributed by atoms with Crippen LogP contribution in [0.25, 0.3) is 0 Å². The highest BCUT2D eigenvalue weighted by atomic mass is 32.2. The summed E-state index contributed by atoms with van der Waals surface area (Å²) in [7, 11) is -1.70. The molecule has 0 fully saturated rings. The Kier molecular flexibility index (Phi) is 4.93. The Hall–Kier alpha value is -2.81. The summed E-state index contributed by atoms with van der Waals surface area (Å²) in [6.45, 7) is 0. The quantitative estimate of drug-likeness (QED) is 0.825. The molecule has 0 aliphatic heterocycles. The Morgan fingerprint density at radius 1 is 1.12 bits per heavy atom. The summed E-state index contributed by atoms with van der Waals surface area (Å²) in [6.07, 6.45) is 0. The van der Waals surface area contributed by atoms with Crippen LogP contribution in [0.1, 0.15) is 10.4 Å². The van der Waals surface area contributed by atoms with E-state index in [9.17, 15) is 22.7 Å². The summed E-state index contributed by atoms with van der Waals surface area (Å²) < 4.78 is 50.5. The molecular formula is C15H14FNO6S. The van der Waals surface area contributed by atoms with Crippen molar-refractivity contribution in [3.05, 3.63) is 47.8 Å². The first-order valence-corrected chi connectivity index (χ1v) is 8.05. The van der Waals surface area contributed by atoms with Gasteiger partial charge in [0.25, 0.3) is 10.0 Å². The van der Waals surface area contributed by atoms with Crippen LogP contribution in [0.2, 0.25) is 0 Å². The van der Waals surface area contributed by atoms with E-state index in [4.69, 9.17) is 9.47 Å². The van der Waals surface area contributed by atoms with E-state index in [-0.39, 0.29) is 22.7 Å². The number of aromatic carboxylic acids is 1. The Morgan fingerprint density at radius 3 is 2.25 bits per heavy atom. The normalized spacial score (nSPS) is 11.0. The maximum atomic E-state index is 13.7. The van der Waals surface area contributed by atoms with Gasteiger partial charge in [0.2, 0.25) is 0 Å². The second kappa shape index (κ2) is 6.75. The molecule has 0 aliphatic rings. The average Bonchev–Trinajstić information content (AvgIpc) is 2.54. The number of benzene rings is 2. The van der Waals surface area contributed by atoms with Gasteiger partial charge in [0.05, 0.1) is 25.5 Å². The first-order valence-electron chi connectivity index (χ1n) is 6.57. The minimum atomic E-state index is -4.33. The number of carboxylic acids is 1. The van der Waals surface area contributed by atoms with Crippen LogP contribution in [0.3, 0.4) is 0 Å². The Labute approximate surface area is 137 Å². The van der Waals surface area contributed by atoms with Gasteiger partial charge in [-0.25, -0.2) is 17.6 Å². The predicted molar refractivity (Wildman–Crippen MR) is 83.7 cm³/mol. The lowest BCUT2D eigenvalue weighted by Crippen LogP contribution is -2.17. The smallest absolute Gasteiger partial charge is 0.337 e. The zero-order valence-corrected chi connectivity index (χ0v) is 13.6. The van der Waals surface area contributed by atoms with Crippen molar-refractivity contribution in [3.8, 4) is 11.5 Å². The van der Waals surface area contributed by atoms with Gasteiger partial charge in [0.1, 0.15) is 10.7 Å². The number of ether oxygens (including phenoxy) is 2. The minimum Gasteiger partial charge on any atom is -0.493 e. The fourth-order valence-corrected chi connectivity index (χ4v) is 3.15. The molecule has 0 saturated carbocycles. The average molecular weight is 355 g/mol. The van der Waals surface area contributed by atoms with Gasteiger partial charge in [0.15, 0.2) is 11.5 Å². The minimum absolute atomic E-state index is 0.115. The SMILES string of the molecule is COc1cc(NS(=O)(=O)c2ccccc2F)c(C(=O)O)cc1OC. The molecule has 0 unspecified atom stereocenters. The molecule has 0 radical (unpaired) electrons. The van der Waals surface area contributed by atoms with E-state index in [1.807, 2.05) is 0 Å². The lowest BCUT2D eigenvalue weighted by atomic mass is 10.1. The molecule has 2 rings (SSSR count). The van der Waals surface area contributed by atoms with E-state index in [0.717, 1.165) is 24.3 Å². The van der Waals surface area contributed by atoms with E-state index in [2.05, 4.69) is 4.72 Å². The zero-order valence-electron chi connectivity index (χ0n) is 12.7. The molecule has 0 saturated heterocycles. The van der Waals surface area contributed by atoms with E-state index in [1.54, 1.807) is 0 Å². The third-order valence-corrected chi connectivity index (χ3v) is 4.52. The first-order chi connectivity index (χ1) is 11.3. The highest BCUT2D eigenvalue weighted by Crippen LogP contribution is 2.34. The number of carboxylic acid groups (broad SMARTS) is 1. The molecule has 0 amide bonds. The number of carbonyl (C=O) groups is 1. The van der Waals surface area contributed by atoms with E-state index in [0.29, 0.717) is 0 Å². The molecule has 2 aromatic rings. The molecule has 128 valence electrons. The highest BCUT2D eigenvalue weighted by Gasteiger charge is 2.23. The van der Waals surface area contributed by atoms with Gasteiger partial charge in [0, 0.05) is 12.1 Å². The molecular weight excluding hydrogens is 341 g/mol. The third-order valence-electron chi connectivity index (χ3n) is 3.12. The van der Waals surface area contributed by atoms with Gasteiger partial charge < -0.3 is 14.6 Å². The predicted octanol–water partition coefficient (Wildman–Crippen LogP) is 2.34. The molecule has 0 bridgehead atoms. The molecule has 2 N–H and O–H groups in total. The lowest BCUT2D eigenvalue weighted by molar-refractivity contribution is 0.0697. The summed E-state index contributed by atoms with van der Waals surface area (Å²) in [6, 6.07) is 7.01. The molecule has 0 aliphatic carbocycles. The summed E-state index contributed by atoms with van der Waals surface area (Å²) in [5, 5.41) is 9.27. The standard InChI is InChI=1S/C15H14FNO6S/c1-22-12-7-9(15(18)19)11(8-13(12)23-2)17-24(20,21)14-6-4-3-5-10(14)16/h3-8,17H,1-2H3,(H,18,19). The van der Waals surface area contributed by atoms with Crippen molar-refractivity contribution >= 4 is 21.7 Å². The highest BCUT2D eigenvalue weighted by molar-refractivity contribution is 7.92. The summed E-state index contributed by atoms with van der Waals surface area (Å²) in [4.78, 5) is 10.8. The molecule has 2 aromatic carbocycles. The summed E-state index contributed by atoms with van der Waals surface area (Å²) in [5.74, 6) is -2.11. The first kappa shape index (κ1) is 17.5. The maximum absolute atomic E-state index is 13.7. The summed E-state index contributed by atoms with van der Waals surface area (Å²) in [5.41, 5.74) is -0.643. The molecule has 24 heavy (non-hydrogen) atoms. The van der Waals surface area contributed by atoms with Gasteiger partial charge >= 0.3 is 5.97 Å². The second-order valence-electron chi connectivity index (χ2n) is 4.59. The van der Waals surface area contributed by atoms with Crippen LogP contribution < -0.4 is 14.2 Å². The van der Waals surface area contributed by atoms with Crippen LogP contribution in [-0.4, -0.2) is 33.7 Å². The second-order valence-corrected chi connectivity index (χ2v) is 6.24. The molecule has 0 atom stereocenters. The van der Waals surface area contributed by atoms with Gasteiger partial charge in [-0.15, -0.1) is 0 Å². The molecule has 0 aromatic heterocycles. The van der Waals surface area contributed by atoms with Crippen molar-refractivity contribution in [3.63, 3.8) is 0 Å². The van der Waals surface area contributed by atoms with Crippen molar-refractivity contribution in [2.75, 3.05) is 18.9 Å². The maximum Gasteiger partial charge on any atom is 0.337 e. The van der Waals surface area contributed by atoms with Crippen LogP contribution in [0, 0.1) is 5.82 Å². The number of hydrogen-bond acceptors (Lipinski definition) is 5. The van der Waals surface area contributed by atoms with Gasteiger partial charge in [-0.05, 0) is 12.1 Å². The Balaban J connectivity index is 2.56. The lowest BCUT2D eigenvalue weighted by Gasteiger charge is -2.15. The zero-order chi connectivity index (χ0) is 17.9. The fraction of sp³-hybridized carbons (Fsp3) is 0.133. The topological polar surface area (TPSA) is 102 Å². The number of hydrogen-bond donors (Lipinski definition) is 2. The summed E-state index contributed by atoms with van der Waals surface area (Å²) >= 11 is 0. The van der Waals surface area contributed by atoms with Crippen molar-refractivity contribution in [1.29, 1.82) is 0 Å². The van der Waals surface area contributed by atoms with E-state index in [1.165, 1.54) is 26.4 Å². The number of halogens is 1. The van der Waals surface area contributed by atoms with Crippen LogP contribution >= 0.6 is 0 Å². The number of nitrogens with one attached hydrogen (secondary N) is 1. The van der Waals surface area contributed by atoms with Crippen LogP contribution in [-0.2, 0) is 10.0 Å². The monoisotopic (exact) mass is 355 g/mol. The van der Waals surface area contributed by atoms with E-state index < -0.39 is 26.7 Å². The van der Waals surface area contributed by atoms with Gasteiger partial charge in [-0.2, -0.15) is 0 Å². The van der Waals surface area contributed by atoms with Crippen LogP contribution in [0.5, 0.6) is 11.5 Å². The molecule has 7 nitrogen and oxygen atoms in total. The largest absolute Gasteiger partial charge is 0.493 e. The van der Waals surface area contributed by atoms with Crippen molar-refractivity contribution in [2.45, 2.75) is 4.90 Å². The van der Waals surface area contributed by atoms with Crippen molar-refractivity contribution in [1.82, 2.24) is 0 Å². The fourth-order valence-electron chi connectivity index (χ4n) is 2.00. The number of rotatable bonds is 6. The van der Waals surface area contributed by atoms with Crippen LogP contribution in [0.15, 0.2) is 41.3 Å². The van der Waals surface area contributed by atoms with Gasteiger partial charge in [-0.1, -0.05) is 12.1 Å². The Morgan fingerprint density at radius 2 is 1.71 bits per heavy atom. The molecule has 0 spiro atoms. The Bertz CT molecular complexity index is 882. The number of methoxy groups -OCH3 is 2. The van der Waals surface area contributed by atoms with E-state index >= 15 is 0 Å². The van der Waals surface area contributed by atoms with Crippen LogP contribution in [0.4, 0.5) is 10.1 Å².